The molecule has 2 aromatic rings. The highest BCUT2D eigenvalue weighted by atomic mass is 32.1. The summed E-state index contributed by atoms with van der Waals surface area (Å²) in [4.78, 5) is 16.4. The SMILES string of the molecule is CC(CNC(=O)c1ccc2c(c1)CCO2)N1CCc2sccc2C1. The van der Waals surface area contributed by atoms with Gasteiger partial charge in [0.2, 0.25) is 0 Å². The number of carbonyl (C=O) groups is 1. The van der Waals surface area contributed by atoms with Gasteiger partial charge in [-0.2, -0.15) is 0 Å². The molecule has 5 heteroatoms. The van der Waals surface area contributed by atoms with E-state index in [1.54, 1.807) is 0 Å². The first-order valence-electron chi connectivity index (χ1n) is 8.54. The maximum atomic E-state index is 12.4. The van der Waals surface area contributed by atoms with E-state index in [0.717, 1.165) is 49.4 Å². The predicted octanol–water partition coefficient (Wildman–Crippen LogP) is 2.86. The van der Waals surface area contributed by atoms with Gasteiger partial charge >= 0.3 is 0 Å². The number of ether oxygens (including phenoxy) is 1. The van der Waals surface area contributed by atoms with E-state index < -0.39 is 0 Å². The number of hydrogen-bond acceptors (Lipinski definition) is 4. The molecule has 0 fully saturated rings. The Bertz CT molecular complexity index is 756. The number of fused-ring (bicyclic) bond motifs is 2. The van der Waals surface area contributed by atoms with Crippen LogP contribution in [0.25, 0.3) is 0 Å². The maximum Gasteiger partial charge on any atom is 0.251 e. The smallest absolute Gasteiger partial charge is 0.251 e. The van der Waals surface area contributed by atoms with E-state index in [-0.39, 0.29) is 5.91 Å². The van der Waals surface area contributed by atoms with Gasteiger partial charge in [-0.1, -0.05) is 0 Å². The van der Waals surface area contributed by atoms with Crippen LogP contribution in [-0.4, -0.2) is 36.5 Å². The molecule has 0 spiro atoms. The first kappa shape index (κ1) is 15.7. The highest BCUT2D eigenvalue weighted by molar-refractivity contribution is 7.10. The summed E-state index contributed by atoms with van der Waals surface area (Å²) in [6, 6.07) is 8.27. The van der Waals surface area contributed by atoms with Crippen molar-refractivity contribution in [2.24, 2.45) is 0 Å². The van der Waals surface area contributed by atoms with E-state index in [0.29, 0.717) is 12.6 Å². The molecule has 1 aromatic carbocycles. The van der Waals surface area contributed by atoms with Gasteiger partial charge in [0.15, 0.2) is 0 Å². The third kappa shape index (κ3) is 3.06. The first-order valence-corrected chi connectivity index (χ1v) is 9.42. The number of amides is 1. The molecule has 126 valence electrons. The van der Waals surface area contributed by atoms with E-state index in [9.17, 15) is 4.79 Å². The molecule has 0 saturated carbocycles. The molecular weight excluding hydrogens is 320 g/mol. The zero-order chi connectivity index (χ0) is 16.5. The molecule has 4 rings (SSSR count). The zero-order valence-electron chi connectivity index (χ0n) is 13.9. The Kier molecular flexibility index (Phi) is 4.29. The van der Waals surface area contributed by atoms with Crippen LogP contribution < -0.4 is 10.1 Å². The number of rotatable bonds is 4. The average molecular weight is 342 g/mol. The summed E-state index contributed by atoms with van der Waals surface area (Å²) in [5.41, 5.74) is 3.31. The Hall–Kier alpha value is -1.85. The molecule has 2 aliphatic heterocycles. The van der Waals surface area contributed by atoms with Crippen LogP contribution in [0.4, 0.5) is 0 Å². The largest absolute Gasteiger partial charge is 0.493 e. The summed E-state index contributed by atoms with van der Waals surface area (Å²) < 4.78 is 5.50. The lowest BCUT2D eigenvalue weighted by molar-refractivity contribution is 0.0932. The van der Waals surface area contributed by atoms with Gasteiger partial charge in [0.1, 0.15) is 5.75 Å². The van der Waals surface area contributed by atoms with Crippen molar-refractivity contribution in [1.29, 1.82) is 0 Å². The summed E-state index contributed by atoms with van der Waals surface area (Å²) in [6.07, 6.45) is 2.01. The summed E-state index contributed by atoms with van der Waals surface area (Å²) in [6.45, 7) is 5.64. The second-order valence-electron chi connectivity index (χ2n) is 6.57. The first-order chi connectivity index (χ1) is 11.7. The Labute approximate surface area is 146 Å². The van der Waals surface area contributed by atoms with Gasteiger partial charge in [0.05, 0.1) is 6.61 Å². The quantitative estimate of drug-likeness (QED) is 0.929. The van der Waals surface area contributed by atoms with Crippen LogP contribution in [0.5, 0.6) is 5.75 Å². The van der Waals surface area contributed by atoms with Gasteiger partial charge in [0.25, 0.3) is 5.91 Å². The molecule has 3 heterocycles. The van der Waals surface area contributed by atoms with Gasteiger partial charge in [-0.25, -0.2) is 0 Å². The summed E-state index contributed by atoms with van der Waals surface area (Å²) >= 11 is 1.86. The third-order valence-corrected chi connectivity index (χ3v) is 5.99. The second-order valence-corrected chi connectivity index (χ2v) is 7.57. The Balaban J connectivity index is 1.34. The Morgan fingerprint density at radius 3 is 3.17 bits per heavy atom. The monoisotopic (exact) mass is 342 g/mol. The molecule has 4 nitrogen and oxygen atoms in total. The molecular formula is C19H22N2O2S. The van der Waals surface area contributed by atoms with Gasteiger partial charge in [0, 0.05) is 42.5 Å². The molecule has 1 N–H and O–H groups in total. The van der Waals surface area contributed by atoms with E-state index in [1.165, 1.54) is 10.4 Å². The molecule has 0 bridgehead atoms. The van der Waals surface area contributed by atoms with Gasteiger partial charge in [-0.3, -0.25) is 9.69 Å². The highest BCUT2D eigenvalue weighted by Gasteiger charge is 2.22. The van der Waals surface area contributed by atoms with E-state index in [2.05, 4.69) is 28.6 Å². The number of nitrogens with zero attached hydrogens (tertiary/aromatic N) is 1. The second kappa shape index (κ2) is 6.57. The summed E-state index contributed by atoms with van der Waals surface area (Å²) in [5.74, 6) is 0.921. The Morgan fingerprint density at radius 1 is 1.33 bits per heavy atom. The molecule has 1 amide bonds. The fourth-order valence-electron chi connectivity index (χ4n) is 3.45. The number of benzene rings is 1. The predicted molar refractivity (Wildman–Crippen MR) is 95.9 cm³/mol. The van der Waals surface area contributed by atoms with Crippen molar-refractivity contribution in [3.05, 3.63) is 51.2 Å². The van der Waals surface area contributed by atoms with E-state index >= 15 is 0 Å². The van der Waals surface area contributed by atoms with Crippen molar-refractivity contribution in [2.75, 3.05) is 19.7 Å². The molecule has 1 unspecified atom stereocenters. The van der Waals surface area contributed by atoms with Crippen LogP contribution in [0.3, 0.4) is 0 Å². The van der Waals surface area contributed by atoms with E-state index in [4.69, 9.17) is 4.74 Å². The maximum absolute atomic E-state index is 12.4. The van der Waals surface area contributed by atoms with E-state index in [1.807, 2.05) is 29.5 Å². The molecule has 24 heavy (non-hydrogen) atoms. The van der Waals surface area contributed by atoms with Crippen molar-refractivity contribution in [3.8, 4) is 5.75 Å². The van der Waals surface area contributed by atoms with Crippen molar-refractivity contribution in [1.82, 2.24) is 10.2 Å². The molecule has 1 atom stereocenters. The molecule has 0 radical (unpaired) electrons. The van der Waals surface area contributed by atoms with Crippen molar-refractivity contribution >= 4 is 17.2 Å². The van der Waals surface area contributed by atoms with Crippen LogP contribution >= 0.6 is 11.3 Å². The third-order valence-electron chi connectivity index (χ3n) is 4.97. The lowest BCUT2D eigenvalue weighted by Crippen LogP contribution is -2.44. The number of hydrogen-bond donors (Lipinski definition) is 1. The van der Waals surface area contributed by atoms with Crippen LogP contribution in [0.1, 0.15) is 33.3 Å². The minimum Gasteiger partial charge on any atom is -0.493 e. The standard InChI is InChI=1S/C19H22N2O2S/c1-13(21-7-4-18-16(12-21)6-9-24-18)11-20-19(22)15-2-3-17-14(10-15)5-8-23-17/h2-3,6,9-10,13H,4-5,7-8,11-12H2,1H3,(H,20,22). The highest BCUT2D eigenvalue weighted by Crippen LogP contribution is 2.26. The van der Waals surface area contributed by atoms with Crippen LogP contribution in [-0.2, 0) is 19.4 Å². The van der Waals surface area contributed by atoms with Gasteiger partial charge in [-0.05, 0) is 54.1 Å². The lowest BCUT2D eigenvalue weighted by atomic mass is 10.1. The van der Waals surface area contributed by atoms with Crippen molar-refractivity contribution in [2.45, 2.75) is 32.4 Å². The van der Waals surface area contributed by atoms with Crippen LogP contribution in [0.2, 0.25) is 0 Å². The minimum absolute atomic E-state index is 0.00443. The van der Waals surface area contributed by atoms with Crippen LogP contribution in [0, 0.1) is 0 Å². The zero-order valence-corrected chi connectivity index (χ0v) is 14.7. The molecule has 0 aliphatic carbocycles. The van der Waals surface area contributed by atoms with Crippen LogP contribution in [0.15, 0.2) is 29.6 Å². The topological polar surface area (TPSA) is 41.6 Å². The van der Waals surface area contributed by atoms with Crippen molar-refractivity contribution in [3.63, 3.8) is 0 Å². The molecule has 1 aromatic heterocycles. The minimum atomic E-state index is 0.00443. The fourth-order valence-corrected chi connectivity index (χ4v) is 4.34. The van der Waals surface area contributed by atoms with Crippen molar-refractivity contribution < 1.29 is 9.53 Å². The fraction of sp³-hybridized carbons (Fsp3) is 0.421. The number of nitrogens with one attached hydrogen (secondary N) is 1. The Morgan fingerprint density at radius 2 is 2.25 bits per heavy atom. The molecule has 0 saturated heterocycles. The normalized spacial score (nSPS) is 17.7. The summed E-state index contributed by atoms with van der Waals surface area (Å²) in [7, 11) is 0. The number of carbonyl (C=O) groups excluding carboxylic acids is 1. The number of thiophene rings is 1. The van der Waals surface area contributed by atoms with Gasteiger partial charge in [-0.15, -0.1) is 11.3 Å². The molecule has 2 aliphatic rings. The summed E-state index contributed by atoms with van der Waals surface area (Å²) in [5, 5.41) is 5.26. The van der Waals surface area contributed by atoms with Gasteiger partial charge < -0.3 is 10.1 Å². The lowest BCUT2D eigenvalue weighted by Gasteiger charge is -2.32. The average Bonchev–Trinajstić information content (AvgIpc) is 3.26.